The second-order valence-corrected chi connectivity index (χ2v) is 6.80. The van der Waals surface area contributed by atoms with Gasteiger partial charge in [-0.1, -0.05) is 34.8 Å². The van der Waals surface area contributed by atoms with Crippen LogP contribution in [0.15, 0.2) is 12.1 Å². The molecule has 0 aliphatic carbocycles. The van der Waals surface area contributed by atoms with Crippen molar-refractivity contribution in [1.82, 2.24) is 4.90 Å². The molecule has 0 radical (unpaired) electrons. The van der Waals surface area contributed by atoms with Gasteiger partial charge in [0, 0.05) is 23.7 Å². The normalized spacial score (nSPS) is 13.3. The quantitative estimate of drug-likeness (QED) is 0.782. The fourth-order valence-electron chi connectivity index (χ4n) is 2.16. The van der Waals surface area contributed by atoms with Gasteiger partial charge < -0.3 is 9.84 Å². The van der Waals surface area contributed by atoms with Crippen molar-refractivity contribution in [2.75, 3.05) is 13.2 Å². The summed E-state index contributed by atoms with van der Waals surface area (Å²) in [6.07, 6.45) is -0.627. The smallest absolute Gasteiger partial charge is 0.156 e. The molecule has 0 saturated heterocycles. The summed E-state index contributed by atoms with van der Waals surface area (Å²) >= 11 is 17.9. The summed E-state index contributed by atoms with van der Waals surface area (Å²) in [7, 11) is 0. The molecule has 0 amide bonds. The number of ether oxygens (including phenoxy) is 1. The lowest BCUT2D eigenvalue weighted by Crippen LogP contribution is -2.43. The Balaban J connectivity index is 2.63. The minimum Gasteiger partial charge on any atom is -0.488 e. The molecule has 0 unspecified atom stereocenters. The molecule has 21 heavy (non-hydrogen) atoms. The zero-order valence-electron chi connectivity index (χ0n) is 12.7. The Labute approximate surface area is 141 Å². The average molecular weight is 355 g/mol. The summed E-state index contributed by atoms with van der Waals surface area (Å²) in [6.45, 7) is 9.04. The number of aliphatic hydroxyl groups is 1. The molecule has 1 atom stereocenters. The lowest BCUT2D eigenvalue weighted by molar-refractivity contribution is 0.0446. The maximum Gasteiger partial charge on any atom is 0.156 e. The Morgan fingerprint density at radius 3 is 1.95 bits per heavy atom. The Hall–Kier alpha value is -0.190. The molecule has 0 aromatic heterocycles. The van der Waals surface area contributed by atoms with Crippen LogP contribution in [-0.4, -0.2) is 41.3 Å². The topological polar surface area (TPSA) is 32.7 Å². The number of rotatable bonds is 7. The minimum atomic E-state index is -0.627. The van der Waals surface area contributed by atoms with Crippen molar-refractivity contribution in [2.45, 2.75) is 45.9 Å². The van der Waals surface area contributed by atoms with Gasteiger partial charge in [-0.3, -0.25) is 4.90 Å². The van der Waals surface area contributed by atoms with E-state index in [2.05, 4.69) is 32.6 Å². The van der Waals surface area contributed by atoms with E-state index in [-0.39, 0.29) is 6.61 Å². The minimum absolute atomic E-state index is 0.122. The molecule has 1 aromatic carbocycles. The van der Waals surface area contributed by atoms with Crippen LogP contribution < -0.4 is 4.74 Å². The van der Waals surface area contributed by atoms with Crippen LogP contribution in [0, 0.1) is 0 Å². The SMILES string of the molecule is CC(C)N(C[C@H](O)COc1c(Cl)cc(Cl)cc1Cl)C(C)C. The third-order valence-electron chi connectivity index (χ3n) is 3.13. The van der Waals surface area contributed by atoms with Gasteiger partial charge in [0.15, 0.2) is 5.75 Å². The predicted molar refractivity (Wildman–Crippen MR) is 90.0 cm³/mol. The van der Waals surface area contributed by atoms with E-state index in [9.17, 15) is 5.11 Å². The molecule has 120 valence electrons. The molecule has 0 bridgehead atoms. The molecule has 1 rings (SSSR count). The second kappa shape index (κ2) is 8.44. The van der Waals surface area contributed by atoms with Crippen molar-refractivity contribution < 1.29 is 9.84 Å². The van der Waals surface area contributed by atoms with Crippen molar-refractivity contribution in [1.29, 1.82) is 0 Å². The average Bonchev–Trinajstić information content (AvgIpc) is 2.33. The van der Waals surface area contributed by atoms with Crippen molar-refractivity contribution in [2.24, 2.45) is 0 Å². The van der Waals surface area contributed by atoms with Gasteiger partial charge in [0.1, 0.15) is 12.7 Å². The van der Waals surface area contributed by atoms with Crippen LogP contribution in [0.5, 0.6) is 5.75 Å². The second-order valence-electron chi connectivity index (χ2n) is 5.55. The van der Waals surface area contributed by atoms with E-state index in [1.807, 2.05) is 0 Å². The maximum absolute atomic E-state index is 10.1. The largest absolute Gasteiger partial charge is 0.488 e. The van der Waals surface area contributed by atoms with E-state index in [4.69, 9.17) is 39.5 Å². The van der Waals surface area contributed by atoms with E-state index in [0.29, 0.717) is 39.4 Å². The van der Waals surface area contributed by atoms with Crippen LogP contribution in [0.3, 0.4) is 0 Å². The number of aliphatic hydroxyl groups excluding tert-OH is 1. The van der Waals surface area contributed by atoms with E-state index >= 15 is 0 Å². The number of nitrogens with zero attached hydrogens (tertiary/aromatic N) is 1. The zero-order chi connectivity index (χ0) is 16.2. The molecule has 1 aromatic rings. The first-order chi connectivity index (χ1) is 9.72. The fraction of sp³-hybridized carbons (Fsp3) is 0.600. The standard InChI is InChI=1S/C15H22Cl3NO2/c1-9(2)19(10(3)4)7-12(20)8-21-15-13(17)5-11(16)6-14(15)18/h5-6,9-10,12,20H,7-8H2,1-4H3/t12-/m0/s1. The summed E-state index contributed by atoms with van der Waals surface area (Å²) in [6, 6.07) is 3.82. The Morgan fingerprint density at radius 1 is 1.05 bits per heavy atom. The van der Waals surface area contributed by atoms with Gasteiger partial charge >= 0.3 is 0 Å². The van der Waals surface area contributed by atoms with Crippen LogP contribution in [0.4, 0.5) is 0 Å². The first-order valence-electron chi connectivity index (χ1n) is 6.93. The van der Waals surface area contributed by atoms with Crippen LogP contribution in [-0.2, 0) is 0 Å². The predicted octanol–water partition coefficient (Wildman–Crippen LogP) is 4.51. The van der Waals surface area contributed by atoms with E-state index in [0.717, 1.165) is 0 Å². The summed E-state index contributed by atoms with van der Waals surface area (Å²) in [4.78, 5) is 2.19. The summed E-state index contributed by atoms with van der Waals surface area (Å²) in [5.41, 5.74) is 0. The van der Waals surface area contributed by atoms with Crippen molar-refractivity contribution in [3.05, 3.63) is 27.2 Å². The zero-order valence-corrected chi connectivity index (χ0v) is 15.0. The first-order valence-corrected chi connectivity index (χ1v) is 8.07. The van der Waals surface area contributed by atoms with Crippen molar-refractivity contribution in [3.8, 4) is 5.75 Å². The molecule has 0 spiro atoms. The monoisotopic (exact) mass is 353 g/mol. The lowest BCUT2D eigenvalue weighted by atomic mass is 10.2. The summed E-state index contributed by atoms with van der Waals surface area (Å²) in [5, 5.41) is 11.3. The third kappa shape index (κ3) is 5.84. The maximum atomic E-state index is 10.1. The molecule has 1 N–H and O–H groups in total. The van der Waals surface area contributed by atoms with E-state index in [1.165, 1.54) is 0 Å². The highest BCUT2D eigenvalue weighted by Crippen LogP contribution is 2.35. The van der Waals surface area contributed by atoms with Gasteiger partial charge in [0.25, 0.3) is 0 Å². The molecule has 6 heteroatoms. The van der Waals surface area contributed by atoms with Gasteiger partial charge in [-0.05, 0) is 39.8 Å². The van der Waals surface area contributed by atoms with Gasteiger partial charge in [-0.25, -0.2) is 0 Å². The summed E-state index contributed by atoms with van der Waals surface area (Å²) in [5.74, 6) is 0.349. The Morgan fingerprint density at radius 2 is 1.52 bits per heavy atom. The van der Waals surface area contributed by atoms with Gasteiger partial charge in [-0.2, -0.15) is 0 Å². The van der Waals surface area contributed by atoms with Crippen LogP contribution >= 0.6 is 34.8 Å². The molecular formula is C15H22Cl3NO2. The Bertz CT molecular complexity index is 435. The molecule has 0 aliphatic rings. The molecule has 3 nitrogen and oxygen atoms in total. The lowest BCUT2D eigenvalue weighted by Gasteiger charge is -2.32. The highest BCUT2D eigenvalue weighted by molar-refractivity contribution is 6.40. The van der Waals surface area contributed by atoms with E-state index < -0.39 is 6.10 Å². The molecular weight excluding hydrogens is 333 g/mol. The number of halogens is 3. The van der Waals surface area contributed by atoms with E-state index in [1.54, 1.807) is 12.1 Å². The van der Waals surface area contributed by atoms with Crippen molar-refractivity contribution in [3.63, 3.8) is 0 Å². The highest BCUT2D eigenvalue weighted by Gasteiger charge is 2.19. The van der Waals surface area contributed by atoms with Crippen LogP contribution in [0.1, 0.15) is 27.7 Å². The first kappa shape index (κ1) is 18.9. The molecule has 0 aliphatic heterocycles. The number of hydrogen-bond donors (Lipinski definition) is 1. The Kier molecular flexibility index (Phi) is 7.58. The molecule has 0 fully saturated rings. The van der Waals surface area contributed by atoms with Crippen LogP contribution in [0.2, 0.25) is 15.1 Å². The van der Waals surface area contributed by atoms with Crippen LogP contribution in [0.25, 0.3) is 0 Å². The third-order valence-corrected chi connectivity index (χ3v) is 3.91. The van der Waals surface area contributed by atoms with Gasteiger partial charge in [0.2, 0.25) is 0 Å². The number of benzene rings is 1. The number of hydrogen-bond acceptors (Lipinski definition) is 3. The van der Waals surface area contributed by atoms with Crippen molar-refractivity contribution >= 4 is 34.8 Å². The molecule has 0 saturated carbocycles. The van der Waals surface area contributed by atoms with Gasteiger partial charge in [-0.15, -0.1) is 0 Å². The highest BCUT2D eigenvalue weighted by atomic mass is 35.5. The summed E-state index contributed by atoms with van der Waals surface area (Å²) < 4.78 is 5.55. The fourth-order valence-corrected chi connectivity index (χ4v) is 3.09. The molecule has 0 heterocycles. The van der Waals surface area contributed by atoms with Gasteiger partial charge in [0.05, 0.1) is 10.0 Å².